The predicted octanol–water partition coefficient (Wildman–Crippen LogP) is 4.27. The van der Waals surface area contributed by atoms with E-state index in [0.29, 0.717) is 36.0 Å². The monoisotopic (exact) mass is 391 g/mol. The average Bonchev–Trinajstić information content (AvgIpc) is 2.73. The molecule has 0 bridgehead atoms. The molecule has 0 saturated heterocycles. The Morgan fingerprint density at radius 1 is 1.03 bits per heavy atom. The first-order valence-electron chi connectivity index (χ1n) is 9.56. The standard InChI is InChI=1S/C23H25N3O3/c1-16(2)15-29-19-10-8-18(9-11-19)26-23(28)20-5-3-4-6-21(20)24-13-17-7-12-22(27)25-14-17/h3-12,14,16,24H,13,15H2,1-2H3,(H,25,27)(H,26,28). The first kappa shape index (κ1) is 20.2. The molecular weight excluding hydrogens is 366 g/mol. The first-order valence-corrected chi connectivity index (χ1v) is 9.56. The molecule has 0 unspecified atom stereocenters. The van der Waals surface area contributed by atoms with Crippen LogP contribution in [0.4, 0.5) is 11.4 Å². The van der Waals surface area contributed by atoms with Gasteiger partial charge in [-0.25, -0.2) is 0 Å². The van der Waals surface area contributed by atoms with Crippen molar-refractivity contribution < 1.29 is 9.53 Å². The zero-order chi connectivity index (χ0) is 20.6. The van der Waals surface area contributed by atoms with Crippen molar-refractivity contribution in [3.05, 3.63) is 88.3 Å². The van der Waals surface area contributed by atoms with E-state index in [1.165, 1.54) is 6.07 Å². The number of aromatic nitrogens is 1. The van der Waals surface area contributed by atoms with Gasteiger partial charge in [-0.3, -0.25) is 9.59 Å². The predicted molar refractivity (Wildman–Crippen MR) is 116 cm³/mol. The van der Waals surface area contributed by atoms with E-state index < -0.39 is 0 Å². The second kappa shape index (κ2) is 9.59. The lowest BCUT2D eigenvalue weighted by atomic mass is 10.1. The molecule has 0 atom stereocenters. The molecule has 0 spiro atoms. The van der Waals surface area contributed by atoms with Crippen molar-refractivity contribution in [2.24, 2.45) is 5.92 Å². The van der Waals surface area contributed by atoms with Crippen LogP contribution in [0.5, 0.6) is 5.75 Å². The maximum absolute atomic E-state index is 12.8. The molecule has 1 heterocycles. The van der Waals surface area contributed by atoms with E-state index >= 15 is 0 Å². The molecule has 150 valence electrons. The quantitative estimate of drug-likeness (QED) is 0.535. The van der Waals surface area contributed by atoms with Gasteiger partial charge in [0.2, 0.25) is 5.56 Å². The van der Waals surface area contributed by atoms with E-state index in [4.69, 9.17) is 4.74 Å². The average molecular weight is 391 g/mol. The van der Waals surface area contributed by atoms with Crippen molar-refractivity contribution in [1.82, 2.24) is 4.98 Å². The highest BCUT2D eigenvalue weighted by Crippen LogP contribution is 2.20. The fraction of sp³-hybridized carbons (Fsp3) is 0.217. The van der Waals surface area contributed by atoms with Crippen molar-refractivity contribution in [2.75, 3.05) is 17.2 Å². The topological polar surface area (TPSA) is 83.2 Å². The minimum Gasteiger partial charge on any atom is -0.493 e. The summed E-state index contributed by atoms with van der Waals surface area (Å²) < 4.78 is 5.67. The van der Waals surface area contributed by atoms with Crippen LogP contribution >= 0.6 is 0 Å². The maximum atomic E-state index is 12.8. The molecular formula is C23H25N3O3. The Morgan fingerprint density at radius 3 is 2.48 bits per heavy atom. The molecule has 0 aliphatic carbocycles. The molecule has 3 aromatic rings. The van der Waals surface area contributed by atoms with Crippen LogP contribution < -0.4 is 20.9 Å². The second-order valence-corrected chi connectivity index (χ2v) is 7.14. The summed E-state index contributed by atoms with van der Waals surface area (Å²) >= 11 is 0. The summed E-state index contributed by atoms with van der Waals surface area (Å²) in [5, 5.41) is 6.16. The van der Waals surface area contributed by atoms with Gasteiger partial charge in [-0.2, -0.15) is 0 Å². The first-order chi connectivity index (χ1) is 14.0. The van der Waals surface area contributed by atoms with Gasteiger partial charge in [0.05, 0.1) is 12.2 Å². The van der Waals surface area contributed by atoms with Crippen molar-refractivity contribution in [3.8, 4) is 5.75 Å². The summed E-state index contributed by atoms with van der Waals surface area (Å²) in [6, 6.07) is 17.9. The van der Waals surface area contributed by atoms with Gasteiger partial charge in [-0.05, 0) is 47.9 Å². The molecule has 0 aliphatic heterocycles. The third-order valence-corrected chi connectivity index (χ3v) is 4.20. The molecule has 3 N–H and O–H groups in total. The maximum Gasteiger partial charge on any atom is 0.257 e. The van der Waals surface area contributed by atoms with Gasteiger partial charge in [0.15, 0.2) is 0 Å². The fourth-order valence-electron chi connectivity index (χ4n) is 2.68. The highest BCUT2D eigenvalue weighted by atomic mass is 16.5. The third-order valence-electron chi connectivity index (χ3n) is 4.20. The van der Waals surface area contributed by atoms with Crippen LogP contribution in [-0.4, -0.2) is 17.5 Å². The van der Waals surface area contributed by atoms with E-state index in [2.05, 4.69) is 29.5 Å². The van der Waals surface area contributed by atoms with Crippen LogP contribution in [0.15, 0.2) is 71.7 Å². The zero-order valence-corrected chi connectivity index (χ0v) is 16.6. The molecule has 6 heteroatoms. The Morgan fingerprint density at radius 2 is 1.79 bits per heavy atom. The van der Waals surface area contributed by atoms with Crippen LogP contribution in [0.1, 0.15) is 29.8 Å². The Labute approximate surface area is 169 Å². The van der Waals surface area contributed by atoms with Crippen LogP contribution in [0.25, 0.3) is 0 Å². The number of ether oxygens (including phenoxy) is 1. The number of anilines is 2. The molecule has 0 aliphatic rings. The summed E-state index contributed by atoms with van der Waals surface area (Å²) in [4.78, 5) is 26.6. The van der Waals surface area contributed by atoms with Crippen molar-refractivity contribution >= 4 is 17.3 Å². The molecule has 1 aromatic heterocycles. The van der Waals surface area contributed by atoms with E-state index in [0.717, 1.165) is 11.3 Å². The molecule has 29 heavy (non-hydrogen) atoms. The second-order valence-electron chi connectivity index (χ2n) is 7.14. The number of benzene rings is 2. The number of pyridine rings is 1. The van der Waals surface area contributed by atoms with E-state index in [-0.39, 0.29) is 11.5 Å². The van der Waals surface area contributed by atoms with Gasteiger partial charge >= 0.3 is 0 Å². The summed E-state index contributed by atoms with van der Waals surface area (Å²) in [6.07, 6.45) is 1.65. The number of carbonyl (C=O) groups excluding carboxylic acids is 1. The number of nitrogens with one attached hydrogen (secondary N) is 3. The van der Waals surface area contributed by atoms with Crippen molar-refractivity contribution in [1.29, 1.82) is 0 Å². The number of H-pyrrole nitrogens is 1. The Kier molecular flexibility index (Phi) is 6.68. The Hall–Kier alpha value is -3.54. The molecule has 0 fully saturated rings. The number of amides is 1. The molecule has 0 saturated carbocycles. The zero-order valence-electron chi connectivity index (χ0n) is 16.6. The minimum atomic E-state index is -0.203. The molecule has 1 amide bonds. The molecule has 2 aromatic carbocycles. The SMILES string of the molecule is CC(C)COc1ccc(NC(=O)c2ccccc2NCc2ccc(=O)[nH]c2)cc1. The highest BCUT2D eigenvalue weighted by molar-refractivity contribution is 6.08. The minimum absolute atomic E-state index is 0.144. The number of hydrogen-bond acceptors (Lipinski definition) is 4. The number of para-hydroxylation sites is 1. The van der Waals surface area contributed by atoms with Gasteiger partial charge in [0.1, 0.15) is 5.75 Å². The Balaban J connectivity index is 1.64. The molecule has 6 nitrogen and oxygen atoms in total. The van der Waals surface area contributed by atoms with Crippen LogP contribution in [-0.2, 0) is 6.54 Å². The largest absolute Gasteiger partial charge is 0.493 e. The van der Waals surface area contributed by atoms with Gasteiger partial charge in [0, 0.05) is 30.2 Å². The lowest BCUT2D eigenvalue weighted by Crippen LogP contribution is -2.15. The van der Waals surface area contributed by atoms with Crippen LogP contribution in [0.2, 0.25) is 0 Å². The van der Waals surface area contributed by atoms with E-state index in [1.807, 2.05) is 42.5 Å². The third kappa shape index (κ3) is 5.97. The lowest BCUT2D eigenvalue weighted by molar-refractivity contribution is 0.102. The Bertz CT molecular complexity index is 990. The summed E-state index contributed by atoms with van der Waals surface area (Å²) in [5.41, 5.74) is 2.72. The van der Waals surface area contributed by atoms with Crippen LogP contribution in [0.3, 0.4) is 0 Å². The van der Waals surface area contributed by atoms with E-state index in [9.17, 15) is 9.59 Å². The van der Waals surface area contributed by atoms with Crippen LogP contribution in [0, 0.1) is 5.92 Å². The van der Waals surface area contributed by atoms with Gasteiger partial charge in [-0.1, -0.05) is 32.0 Å². The van der Waals surface area contributed by atoms with Gasteiger partial charge in [0.25, 0.3) is 5.91 Å². The fourth-order valence-corrected chi connectivity index (χ4v) is 2.68. The van der Waals surface area contributed by atoms with Crippen molar-refractivity contribution in [3.63, 3.8) is 0 Å². The molecule has 0 radical (unpaired) electrons. The van der Waals surface area contributed by atoms with Gasteiger partial charge < -0.3 is 20.4 Å². The number of rotatable bonds is 8. The van der Waals surface area contributed by atoms with E-state index in [1.54, 1.807) is 18.3 Å². The highest BCUT2D eigenvalue weighted by Gasteiger charge is 2.11. The summed E-state index contributed by atoms with van der Waals surface area (Å²) in [5.74, 6) is 1.03. The smallest absolute Gasteiger partial charge is 0.257 e. The summed E-state index contributed by atoms with van der Waals surface area (Å²) in [7, 11) is 0. The summed E-state index contributed by atoms with van der Waals surface area (Å²) in [6.45, 7) is 5.33. The van der Waals surface area contributed by atoms with Gasteiger partial charge in [-0.15, -0.1) is 0 Å². The lowest BCUT2D eigenvalue weighted by Gasteiger charge is -2.13. The molecule has 3 rings (SSSR count). The number of carbonyl (C=O) groups is 1. The van der Waals surface area contributed by atoms with Crippen molar-refractivity contribution in [2.45, 2.75) is 20.4 Å². The normalized spacial score (nSPS) is 10.6. The number of hydrogen-bond donors (Lipinski definition) is 3. The number of aromatic amines is 1.